The van der Waals surface area contributed by atoms with E-state index in [1.165, 1.54) is 6.07 Å². The van der Waals surface area contributed by atoms with E-state index in [0.29, 0.717) is 29.4 Å². The molecule has 0 aliphatic rings. The van der Waals surface area contributed by atoms with Gasteiger partial charge in [-0.2, -0.15) is 11.3 Å². The number of ether oxygens (including phenoxy) is 3. The maximum atomic E-state index is 12.1. The third kappa shape index (κ3) is 6.77. The van der Waals surface area contributed by atoms with Crippen LogP contribution in [0.4, 0.5) is 0 Å². The highest BCUT2D eigenvalue weighted by molar-refractivity contribution is 7.07. The van der Waals surface area contributed by atoms with Crippen LogP contribution in [0.15, 0.2) is 69.9 Å². The number of nitrogens with zero attached hydrogens (tertiary/aromatic N) is 1. The van der Waals surface area contributed by atoms with Crippen LogP contribution < -0.4 is 9.47 Å². The Balaban J connectivity index is 1.70. The van der Waals surface area contributed by atoms with Gasteiger partial charge in [0.15, 0.2) is 0 Å². The van der Waals surface area contributed by atoms with Crippen LogP contribution in [0.5, 0.6) is 11.5 Å². The Kier molecular flexibility index (Phi) is 8.58. The second kappa shape index (κ2) is 12.2. The molecule has 37 heavy (non-hydrogen) atoms. The molecule has 2 aromatic carbocycles. The van der Waals surface area contributed by atoms with E-state index in [0.717, 1.165) is 16.7 Å². The smallest absolute Gasteiger partial charge is 0.377 e. The standard InChI is InChI=1S/C28H27NO7S/c1-3-33-28(32)26-15-23(29-36-26)22-9-8-20(34-16-19-12-13-37-17-19)14-25(22)35-24(10-11-27(30)31)21-7-5-4-6-18(21)2/h4-9,12-15,17,24H,3,10-11,16H2,1-2H3,(H,30,31). The number of hydrogen-bond acceptors (Lipinski definition) is 8. The van der Waals surface area contributed by atoms with Gasteiger partial charge in [0.05, 0.1) is 6.61 Å². The van der Waals surface area contributed by atoms with Gasteiger partial charge in [-0.05, 0) is 65.9 Å². The molecule has 1 unspecified atom stereocenters. The van der Waals surface area contributed by atoms with Gasteiger partial charge in [-0.15, -0.1) is 0 Å². The van der Waals surface area contributed by atoms with E-state index in [4.69, 9.17) is 18.7 Å². The van der Waals surface area contributed by atoms with Crippen LogP contribution in [0.2, 0.25) is 0 Å². The van der Waals surface area contributed by atoms with E-state index in [-0.39, 0.29) is 25.2 Å². The summed E-state index contributed by atoms with van der Waals surface area (Å²) in [7, 11) is 0. The fraction of sp³-hybridized carbons (Fsp3) is 0.250. The average Bonchev–Trinajstić information content (AvgIpc) is 3.59. The van der Waals surface area contributed by atoms with E-state index >= 15 is 0 Å². The number of rotatable bonds is 12. The van der Waals surface area contributed by atoms with Gasteiger partial charge in [-0.3, -0.25) is 4.79 Å². The number of carboxylic acid groups (broad SMARTS) is 1. The molecule has 8 nitrogen and oxygen atoms in total. The van der Waals surface area contributed by atoms with Gasteiger partial charge >= 0.3 is 11.9 Å². The van der Waals surface area contributed by atoms with Crippen LogP contribution in [0.3, 0.4) is 0 Å². The van der Waals surface area contributed by atoms with Crippen LogP contribution in [0.25, 0.3) is 11.3 Å². The average molecular weight is 522 g/mol. The van der Waals surface area contributed by atoms with Crippen molar-refractivity contribution in [3.8, 4) is 22.8 Å². The Hall–Kier alpha value is -4.11. The van der Waals surface area contributed by atoms with Crippen molar-refractivity contribution < 1.29 is 33.4 Å². The zero-order valence-corrected chi connectivity index (χ0v) is 21.3. The van der Waals surface area contributed by atoms with E-state index in [2.05, 4.69) is 5.16 Å². The van der Waals surface area contributed by atoms with Gasteiger partial charge in [0, 0.05) is 24.1 Å². The molecular formula is C28H27NO7S. The lowest BCUT2D eigenvalue weighted by Crippen LogP contribution is -2.12. The molecule has 1 N–H and O–H groups in total. The number of hydrogen-bond donors (Lipinski definition) is 1. The van der Waals surface area contributed by atoms with E-state index < -0.39 is 18.0 Å². The van der Waals surface area contributed by atoms with Crippen molar-refractivity contribution in [2.45, 2.75) is 39.4 Å². The molecule has 0 radical (unpaired) electrons. The molecule has 0 fully saturated rings. The van der Waals surface area contributed by atoms with Crippen molar-refractivity contribution in [2.75, 3.05) is 6.61 Å². The second-order valence-corrected chi connectivity index (χ2v) is 9.05. The number of aromatic nitrogens is 1. The number of esters is 1. The highest BCUT2D eigenvalue weighted by Gasteiger charge is 2.22. The lowest BCUT2D eigenvalue weighted by atomic mass is 9.99. The van der Waals surface area contributed by atoms with E-state index in [9.17, 15) is 14.7 Å². The van der Waals surface area contributed by atoms with Gasteiger partial charge < -0.3 is 23.8 Å². The number of benzene rings is 2. The number of carbonyl (C=O) groups excluding carboxylic acids is 1. The zero-order chi connectivity index (χ0) is 26.2. The molecule has 0 aliphatic carbocycles. The van der Waals surface area contributed by atoms with Gasteiger partial charge in [0.2, 0.25) is 5.76 Å². The highest BCUT2D eigenvalue weighted by Crippen LogP contribution is 2.38. The molecule has 0 bridgehead atoms. The van der Waals surface area contributed by atoms with Crippen LogP contribution in [0, 0.1) is 6.92 Å². The van der Waals surface area contributed by atoms with E-state index in [1.807, 2.05) is 48.0 Å². The summed E-state index contributed by atoms with van der Waals surface area (Å²) in [4.78, 5) is 23.5. The van der Waals surface area contributed by atoms with Crippen LogP contribution >= 0.6 is 11.3 Å². The number of aliphatic carboxylic acids is 1. The third-order valence-corrected chi connectivity index (χ3v) is 6.36. The summed E-state index contributed by atoms with van der Waals surface area (Å²) in [6.07, 6.45) is -0.355. The lowest BCUT2D eigenvalue weighted by molar-refractivity contribution is -0.137. The number of aryl methyl sites for hydroxylation is 1. The molecule has 0 aliphatic heterocycles. The first-order valence-corrected chi connectivity index (χ1v) is 12.7. The molecule has 1 atom stereocenters. The molecule has 4 rings (SSSR count). The Morgan fingerprint density at radius 3 is 2.70 bits per heavy atom. The van der Waals surface area contributed by atoms with Crippen molar-refractivity contribution in [3.63, 3.8) is 0 Å². The fourth-order valence-corrected chi connectivity index (χ4v) is 4.43. The Morgan fingerprint density at radius 2 is 1.97 bits per heavy atom. The van der Waals surface area contributed by atoms with Gasteiger partial charge in [0.25, 0.3) is 0 Å². The molecule has 0 saturated heterocycles. The summed E-state index contributed by atoms with van der Waals surface area (Å²) < 4.78 is 22.7. The van der Waals surface area contributed by atoms with Gasteiger partial charge in [-0.25, -0.2) is 4.79 Å². The van der Waals surface area contributed by atoms with Crippen LogP contribution in [-0.2, 0) is 16.1 Å². The highest BCUT2D eigenvalue weighted by atomic mass is 32.1. The monoisotopic (exact) mass is 521 g/mol. The maximum absolute atomic E-state index is 12.1. The number of carboxylic acids is 1. The summed E-state index contributed by atoms with van der Waals surface area (Å²) in [6.45, 7) is 4.26. The molecule has 192 valence electrons. The molecule has 2 aromatic heterocycles. The Labute approximate surface area is 218 Å². The SMILES string of the molecule is CCOC(=O)c1cc(-c2ccc(OCc3ccsc3)cc2OC(CCC(=O)O)c2ccccc2C)no1. The quantitative estimate of drug-likeness (QED) is 0.212. The molecule has 4 aromatic rings. The first-order chi connectivity index (χ1) is 17.9. The second-order valence-electron chi connectivity index (χ2n) is 8.27. The molecule has 2 heterocycles. The Bertz CT molecular complexity index is 1350. The van der Waals surface area contributed by atoms with Crippen LogP contribution in [0.1, 0.15) is 53.1 Å². The summed E-state index contributed by atoms with van der Waals surface area (Å²) in [5.41, 5.74) is 3.86. The maximum Gasteiger partial charge on any atom is 0.377 e. The summed E-state index contributed by atoms with van der Waals surface area (Å²) in [5.74, 6) is -0.558. The Morgan fingerprint density at radius 1 is 1.14 bits per heavy atom. The molecule has 0 amide bonds. The molecule has 0 spiro atoms. The zero-order valence-electron chi connectivity index (χ0n) is 20.5. The molecular weight excluding hydrogens is 494 g/mol. The minimum Gasteiger partial charge on any atom is -0.489 e. The van der Waals surface area contributed by atoms with Gasteiger partial charge in [0.1, 0.15) is 29.9 Å². The van der Waals surface area contributed by atoms with E-state index in [1.54, 1.807) is 36.5 Å². The van der Waals surface area contributed by atoms with Crippen molar-refractivity contribution in [3.05, 3.63) is 87.8 Å². The predicted octanol–water partition coefficient (Wildman–Crippen LogP) is 6.45. The minimum absolute atomic E-state index is 0.0260. The van der Waals surface area contributed by atoms with Crippen molar-refractivity contribution >= 4 is 23.3 Å². The third-order valence-electron chi connectivity index (χ3n) is 5.63. The first kappa shape index (κ1) is 26.0. The lowest BCUT2D eigenvalue weighted by Gasteiger charge is -2.22. The largest absolute Gasteiger partial charge is 0.489 e. The van der Waals surface area contributed by atoms with Crippen molar-refractivity contribution in [1.29, 1.82) is 0 Å². The topological polar surface area (TPSA) is 108 Å². The summed E-state index contributed by atoms with van der Waals surface area (Å²) >= 11 is 1.59. The molecule has 9 heteroatoms. The molecule has 0 saturated carbocycles. The van der Waals surface area contributed by atoms with Gasteiger partial charge in [-0.1, -0.05) is 29.4 Å². The minimum atomic E-state index is -0.911. The number of thiophene rings is 1. The summed E-state index contributed by atoms with van der Waals surface area (Å²) in [6, 6.07) is 16.5. The van der Waals surface area contributed by atoms with Crippen molar-refractivity contribution in [2.24, 2.45) is 0 Å². The van der Waals surface area contributed by atoms with Crippen LogP contribution in [-0.4, -0.2) is 28.8 Å². The van der Waals surface area contributed by atoms with Crippen molar-refractivity contribution in [1.82, 2.24) is 5.16 Å². The predicted molar refractivity (Wildman–Crippen MR) is 138 cm³/mol. The fourth-order valence-electron chi connectivity index (χ4n) is 3.78. The first-order valence-electron chi connectivity index (χ1n) is 11.8. The summed E-state index contributed by atoms with van der Waals surface area (Å²) in [5, 5.41) is 17.4. The number of carbonyl (C=O) groups is 2. The normalized spacial score (nSPS) is 11.6.